The maximum Gasteiger partial charge on any atom is 0.0314 e. The largest absolute Gasteiger partial charge is 0.324 e. The van der Waals surface area contributed by atoms with Gasteiger partial charge in [0.25, 0.3) is 0 Å². The molecule has 0 aliphatic rings. The first-order chi connectivity index (χ1) is 6.65. The fourth-order valence-corrected chi connectivity index (χ4v) is 2.65. The zero-order valence-electron chi connectivity index (χ0n) is 8.59. The van der Waals surface area contributed by atoms with E-state index in [4.69, 9.17) is 5.73 Å². The maximum atomic E-state index is 5.81. The molecule has 78 valence electrons. The Morgan fingerprint density at radius 2 is 2.21 bits per heavy atom. The number of nitrogens with two attached hydrogens (primary N) is 1. The summed E-state index contributed by atoms with van der Waals surface area (Å²) < 4.78 is 1.16. The molecule has 0 unspecified atom stereocenters. The molecule has 0 radical (unpaired) electrons. The van der Waals surface area contributed by atoms with Crippen molar-refractivity contribution < 1.29 is 0 Å². The summed E-state index contributed by atoms with van der Waals surface area (Å²) in [6, 6.07) is 6.47. The number of rotatable bonds is 4. The van der Waals surface area contributed by atoms with E-state index in [9.17, 15) is 0 Å². The Balaban J connectivity index is 2.79. The first-order valence-electron chi connectivity index (χ1n) is 4.83. The molecular formula is C11H16BrNS. The second-order valence-electron chi connectivity index (χ2n) is 3.33. The standard InChI is InChI=1S/C11H16BrNS/c1-3-6-14-11-5-4-9(8(2)13)7-10(11)12/h4-5,7-8H,3,6,13H2,1-2H3/t8-/m1/s1. The van der Waals surface area contributed by atoms with E-state index >= 15 is 0 Å². The van der Waals surface area contributed by atoms with Crippen LogP contribution in [0.3, 0.4) is 0 Å². The summed E-state index contributed by atoms with van der Waals surface area (Å²) in [4.78, 5) is 1.30. The van der Waals surface area contributed by atoms with Crippen LogP contribution >= 0.6 is 27.7 Å². The van der Waals surface area contributed by atoms with E-state index in [1.165, 1.54) is 16.9 Å². The predicted octanol–water partition coefficient (Wildman–Crippen LogP) is 3.97. The third-order valence-electron chi connectivity index (χ3n) is 1.94. The summed E-state index contributed by atoms with van der Waals surface area (Å²) in [6.07, 6.45) is 1.20. The van der Waals surface area contributed by atoms with Crippen LogP contribution < -0.4 is 5.73 Å². The molecule has 0 spiro atoms. The maximum absolute atomic E-state index is 5.81. The van der Waals surface area contributed by atoms with Gasteiger partial charge in [-0.05, 0) is 52.7 Å². The molecule has 0 bridgehead atoms. The van der Waals surface area contributed by atoms with Gasteiger partial charge >= 0.3 is 0 Å². The van der Waals surface area contributed by atoms with Gasteiger partial charge in [0.2, 0.25) is 0 Å². The van der Waals surface area contributed by atoms with Gasteiger partial charge < -0.3 is 5.73 Å². The van der Waals surface area contributed by atoms with Crippen molar-refractivity contribution in [1.82, 2.24) is 0 Å². The second kappa shape index (κ2) is 5.79. The minimum absolute atomic E-state index is 0.108. The van der Waals surface area contributed by atoms with Crippen LogP contribution in [-0.2, 0) is 0 Å². The van der Waals surface area contributed by atoms with Crippen LogP contribution in [0, 0.1) is 0 Å². The Labute approximate surface area is 98.6 Å². The van der Waals surface area contributed by atoms with Crippen molar-refractivity contribution in [1.29, 1.82) is 0 Å². The van der Waals surface area contributed by atoms with Crippen LogP contribution in [-0.4, -0.2) is 5.75 Å². The third kappa shape index (κ3) is 3.30. The highest BCUT2D eigenvalue weighted by atomic mass is 79.9. The summed E-state index contributed by atoms with van der Waals surface area (Å²) >= 11 is 5.45. The number of hydrogen-bond acceptors (Lipinski definition) is 2. The normalized spacial score (nSPS) is 12.9. The topological polar surface area (TPSA) is 26.0 Å². The number of thioether (sulfide) groups is 1. The molecule has 0 fully saturated rings. The van der Waals surface area contributed by atoms with Crippen LogP contribution in [0.1, 0.15) is 31.9 Å². The monoisotopic (exact) mass is 273 g/mol. The molecule has 0 aliphatic carbocycles. The quantitative estimate of drug-likeness (QED) is 0.841. The minimum atomic E-state index is 0.108. The number of benzene rings is 1. The van der Waals surface area contributed by atoms with Crippen LogP contribution in [0.25, 0.3) is 0 Å². The molecule has 14 heavy (non-hydrogen) atoms. The van der Waals surface area contributed by atoms with E-state index in [1.54, 1.807) is 0 Å². The molecule has 0 saturated heterocycles. The lowest BCUT2D eigenvalue weighted by molar-refractivity contribution is 0.815. The zero-order chi connectivity index (χ0) is 10.6. The van der Waals surface area contributed by atoms with Crippen LogP contribution in [0.15, 0.2) is 27.6 Å². The van der Waals surface area contributed by atoms with E-state index in [0.29, 0.717) is 0 Å². The number of hydrogen-bond donors (Lipinski definition) is 1. The number of halogens is 1. The molecule has 0 amide bonds. The molecule has 1 atom stereocenters. The van der Waals surface area contributed by atoms with Crippen LogP contribution in [0.4, 0.5) is 0 Å². The first-order valence-corrected chi connectivity index (χ1v) is 6.60. The highest BCUT2D eigenvalue weighted by molar-refractivity contribution is 9.10. The van der Waals surface area contributed by atoms with Crippen LogP contribution in [0.5, 0.6) is 0 Å². The summed E-state index contributed by atoms with van der Waals surface area (Å²) in [7, 11) is 0. The average molecular weight is 274 g/mol. The van der Waals surface area contributed by atoms with E-state index in [-0.39, 0.29) is 6.04 Å². The first kappa shape index (κ1) is 12.1. The molecule has 3 heteroatoms. The Morgan fingerprint density at radius 3 is 2.71 bits per heavy atom. The van der Waals surface area contributed by atoms with Gasteiger partial charge in [-0.1, -0.05) is 13.0 Å². The predicted molar refractivity (Wildman–Crippen MR) is 67.8 cm³/mol. The molecule has 1 nitrogen and oxygen atoms in total. The lowest BCUT2D eigenvalue weighted by Gasteiger charge is -2.09. The summed E-state index contributed by atoms with van der Waals surface area (Å²) in [5.41, 5.74) is 6.98. The third-order valence-corrected chi connectivity index (χ3v) is 4.14. The summed E-state index contributed by atoms with van der Waals surface area (Å²) in [5.74, 6) is 1.16. The molecule has 0 heterocycles. The average Bonchev–Trinajstić information content (AvgIpc) is 2.15. The second-order valence-corrected chi connectivity index (χ2v) is 5.32. The Bertz CT molecular complexity index is 299. The van der Waals surface area contributed by atoms with Gasteiger partial charge in [0, 0.05) is 15.4 Å². The summed E-state index contributed by atoms with van der Waals surface area (Å²) in [6.45, 7) is 4.19. The molecule has 0 aromatic heterocycles. The smallest absolute Gasteiger partial charge is 0.0314 e. The van der Waals surface area contributed by atoms with Gasteiger partial charge in [-0.3, -0.25) is 0 Å². The van der Waals surface area contributed by atoms with E-state index in [1.807, 2.05) is 18.7 Å². The molecule has 1 rings (SSSR count). The van der Waals surface area contributed by atoms with Gasteiger partial charge in [-0.2, -0.15) is 0 Å². The zero-order valence-corrected chi connectivity index (χ0v) is 11.0. The van der Waals surface area contributed by atoms with Crippen molar-refractivity contribution in [3.05, 3.63) is 28.2 Å². The van der Waals surface area contributed by atoms with Gasteiger partial charge in [0.1, 0.15) is 0 Å². The van der Waals surface area contributed by atoms with Crippen molar-refractivity contribution in [3.8, 4) is 0 Å². The van der Waals surface area contributed by atoms with Gasteiger partial charge in [-0.25, -0.2) is 0 Å². The van der Waals surface area contributed by atoms with Crippen LogP contribution in [0.2, 0.25) is 0 Å². The van der Waals surface area contributed by atoms with Crippen molar-refractivity contribution in [2.45, 2.75) is 31.2 Å². The fraction of sp³-hybridized carbons (Fsp3) is 0.455. The Hall–Kier alpha value is 0.01000. The van der Waals surface area contributed by atoms with E-state index in [0.717, 1.165) is 10.2 Å². The Morgan fingerprint density at radius 1 is 1.50 bits per heavy atom. The van der Waals surface area contributed by atoms with Crippen molar-refractivity contribution >= 4 is 27.7 Å². The molecular weight excluding hydrogens is 258 g/mol. The van der Waals surface area contributed by atoms with Crippen molar-refractivity contribution in [2.24, 2.45) is 5.73 Å². The molecule has 0 saturated carbocycles. The van der Waals surface area contributed by atoms with E-state index < -0.39 is 0 Å². The molecule has 1 aromatic carbocycles. The van der Waals surface area contributed by atoms with Crippen molar-refractivity contribution in [2.75, 3.05) is 5.75 Å². The highest BCUT2D eigenvalue weighted by Crippen LogP contribution is 2.29. The lowest BCUT2D eigenvalue weighted by Crippen LogP contribution is -2.04. The van der Waals surface area contributed by atoms with Gasteiger partial charge in [-0.15, -0.1) is 11.8 Å². The van der Waals surface area contributed by atoms with Gasteiger partial charge in [0.15, 0.2) is 0 Å². The lowest BCUT2D eigenvalue weighted by atomic mass is 10.1. The molecule has 1 aromatic rings. The fourth-order valence-electron chi connectivity index (χ4n) is 1.13. The van der Waals surface area contributed by atoms with Gasteiger partial charge in [0.05, 0.1) is 0 Å². The summed E-state index contributed by atoms with van der Waals surface area (Å²) in [5, 5.41) is 0. The Kier molecular flexibility index (Phi) is 4.99. The minimum Gasteiger partial charge on any atom is -0.324 e. The SMILES string of the molecule is CCCSc1ccc([C@@H](C)N)cc1Br. The van der Waals surface area contributed by atoms with Crippen molar-refractivity contribution in [3.63, 3.8) is 0 Å². The molecule has 0 aliphatic heterocycles. The van der Waals surface area contributed by atoms with E-state index in [2.05, 4.69) is 41.1 Å². The molecule has 2 N–H and O–H groups in total. The highest BCUT2D eigenvalue weighted by Gasteiger charge is 2.04.